The monoisotopic (exact) mass is 410 g/mol. The molecule has 0 spiro atoms. The second kappa shape index (κ2) is 8.33. The van der Waals surface area contributed by atoms with Crippen molar-refractivity contribution in [2.24, 2.45) is 0 Å². The number of rotatable bonds is 6. The van der Waals surface area contributed by atoms with Gasteiger partial charge < -0.3 is 10.6 Å². The van der Waals surface area contributed by atoms with Crippen LogP contribution < -0.4 is 10.6 Å². The summed E-state index contributed by atoms with van der Waals surface area (Å²) in [4.78, 5) is 16.3. The zero-order chi connectivity index (χ0) is 21.0. The quantitative estimate of drug-likeness (QED) is 0.583. The van der Waals surface area contributed by atoms with Crippen molar-refractivity contribution >= 4 is 17.6 Å². The van der Waals surface area contributed by atoms with Gasteiger partial charge in [-0.1, -0.05) is 13.0 Å². The second-order valence-corrected chi connectivity index (χ2v) is 5.93. The van der Waals surface area contributed by atoms with Crippen molar-refractivity contribution < 1.29 is 22.0 Å². The normalized spacial score (nSPS) is 11.4. The van der Waals surface area contributed by atoms with Crippen molar-refractivity contribution in [3.8, 4) is 11.5 Å². The fourth-order valence-corrected chi connectivity index (χ4v) is 2.36. The Hall–Kier alpha value is -3.37. The minimum Gasteiger partial charge on any atom is -0.345 e. The molecule has 0 fully saturated rings. The van der Waals surface area contributed by atoms with Crippen molar-refractivity contribution in [3.05, 3.63) is 53.7 Å². The molecule has 2 heterocycles. The molecular weight excluding hydrogens is 395 g/mol. The molecule has 0 amide bonds. The Morgan fingerprint density at radius 2 is 1.59 bits per heavy atom. The summed E-state index contributed by atoms with van der Waals surface area (Å²) in [5, 5.41) is 4.64. The summed E-state index contributed by atoms with van der Waals surface area (Å²) >= 11 is 0. The number of benzene rings is 1. The smallest absolute Gasteiger partial charge is 0.345 e. The van der Waals surface area contributed by atoms with E-state index in [-0.39, 0.29) is 23.4 Å². The first kappa shape index (κ1) is 20.4. The predicted molar refractivity (Wildman–Crippen MR) is 96.6 cm³/mol. The number of hydrogen-bond acceptors (Lipinski definition) is 6. The zero-order valence-corrected chi connectivity index (χ0v) is 15.1. The van der Waals surface area contributed by atoms with Gasteiger partial charge in [-0.15, -0.1) is 0 Å². The first-order chi connectivity index (χ1) is 13.7. The van der Waals surface area contributed by atoms with Crippen LogP contribution in [-0.2, 0) is 6.42 Å². The molecule has 0 aliphatic rings. The van der Waals surface area contributed by atoms with E-state index in [0.717, 1.165) is 17.8 Å². The van der Waals surface area contributed by atoms with Crippen LogP contribution in [0.3, 0.4) is 0 Å². The third kappa shape index (κ3) is 5.80. The lowest BCUT2D eigenvalue weighted by atomic mass is 10.2. The van der Waals surface area contributed by atoms with Gasteiger partial charge in [0.05, 0.1) is 0 Å². The summed E-state index contributed by atoms with van der Waals surface area (Å²) < 4.78 is 64.5. The highest BCUT2D eigenvalue weighted by Gasteiger charge is 2.27. The Kier molecular flexibility index (Phi) is 5.85. The van der Waals surface area contributed by atoms with Crippen LogP contribution in [0.25, 0.3) is 11.5 Å². The van der Waals surface area contributed by atoms with Crippen molar-refractivity contribution in [1.82, 2.24) is 19.9 Å². The maximum Gasteiger partial charge on any atom is 0.405 e. The molecule has 0 saturated carbocycles. The van der Waals surface area contributed by atoms with Crippen LogP contribution in [0.1, 0.15) is 12.6 Å². The van der Waals surface area contributed by atoms with E-state index < -0.39 is 24.4 Å². The van der Waals surface area contributed by atoms with Gasteiger partial charge in [0.2, 0.25) is 11.9 Å². The molecule has 2 aromatic heterocycles. The number of nitrogens with zero attached hydrogens (tertiary/aromatic N) is 4. The van der Waals surface area contributed by atoms with Crippen LogP contribution >= 0.6 is 0 Å². The summed E-state index contributed by atoms with van der Waals surface area (Å²) in [5.41, 5.74) is 1.03. The van der Waals surface area contributed by atoms with E-state index >= 15 is 0 Å². The topological polar surface area (TPSA) is 75.6 Å². The molecule has 0 unspecified atom stereocenters. The number of pyridine rings is 1. The molecular formula is C18H15F5N6. The Bertz CT molecular complexity index is 988. The summed E-state index contributed by atoms with van der Waals surface area (Å²) in [5.74, 6) is -2.24. The van der Waals surface area contributed by atoms with E-state index in [1.54, 1.807) is 18.2 Å². The van der Waals surface area contributed by atoms with Crippen LogP contribution in [0, 0.1) is 11.6 Å². The maximum absolute atomic E-state index is 13.4. The molecule has 0 aliphatic heterocycles. The number of anilines is 3. The highest BCUT2D eigenvalue weighted by atomic mass is 19.4. The average molecular weight is 410 g/mol. The molecule has 0 bridgehead atoms. The van der Waals surface area contributed by atoms with Crippen LogP contribution in [-0.4, -0.2) is 32.7 Å². The van der Waals surface area contributed by atoms with Crippen molar-refractivity contribution in [3.63, 3.8) is 0 Å². The Morgan fingerprint density at radius 3 is 2.24 bits per heavy atom. The maximum atomic E-state index is 13.4. The Morgan fingerprint density at radius 1 is 0.897 bits per heavy atom. The van der Waals surface area contributed by atoms with Gasteiger partial charge in [-0.05, 0) is 30.7 Å². The molecule has 152 valence electrons. The molecule has 29 heavy (non-hydrogen) atoms. The van der Waals surface area contributed by atoms with Gasteiger partial charge in [0, 0.05) is 17.4 Å². The molecule has 1 aromatic carbocycles. The minimum absolute atomic E-state index is 0.000602. The van der Waals surface area contributed by atoms with Crippen LogP contribution in [0.4, 0.5) is 39.5 Å². The van der Waals surface area contributed by atoms with Gasteiger partial charge in [0.25, 0.3) is 0 Å². The van der Waals surface area contributed by atoms with Crippen molar-refractivity contribution in [1.29, 1.82) is 0 Å². The highest BCUT2D eigenvalue weighted by molar-refractivity contribution is 5.59. The van der Waals surface area contributed by atoms with Gasteiger partial charge >= 0.3 is 6.18 Å². The van der Waals surface area contributed by atoms with E-state index in [4.69, 9.17) is 0 Å². The standard InChI is InChI=1S/C18H15F5N6/c1-2-12-4-3-5-14(25-12)15-27-16(24-9-18(21,22)23)29-17(28-15)26-13-7-10(19)6-11(20)8-13/h3-8H,2,9H2,1H3,(H2,24,26,27,28,29). The molecule has 0 saturated heterocycles. The zero-order valence-electron chi connectivity index (χ0n) is 15.1. The van der Waals surface area contributed by atoms with E-state index in [1.165, 1.54) is 0 Å². The minimum atomic E-state index is -4.49. The predicted octanol–water partition coefficient (Wildman–Crippen LogP) is 4.49. The number of nitrogens with one attached hydrogen (secondary N) is 2. The van der Waals surface area contributed by atoms with Crippen LogP contribution in [0.5, 0.6) is 0 Å². The Balaban J connectivity index is 1.99. The molecule has 3 rings (SSSR count). The van der Waals surface area contributed by atoms with Crippen molar-refractivity contribution in [2.75, 3.05) is 17.2 Å². The summed E-state index contributed by atoms with van der Waals surface area (Å²) in [6, 6.07) is 7.75. The third-order valence-corrected chi connectivity index (χ3v) is 3.60. The summed E-state index contributed by atoms with van der Waals surface area (Å²) in [6.45, 7) is 0.522. The Labute approximate surface area is 162 Å². The molecule has 6 nitrogen and oxygen atoms in total. The number of alkyl halides is 3. The highest BCUT2D eigenvalue weighted by Crippen LogP contribution is 2.22. The molecule has 0 radical (unpaired) electrons. The SMILES string of the molecule is CCc1cccc(-c2nc(NCC(F)(F)F)nc(Nc3cc(F)cc(F)c3)n2)n1. The van der Waals surface area contributed by atoms with Gasteiger partial charge in [-0.25, -0.2) is 13.8 Å². The number of aromatic nitrogens is 4. The summed E-state index contributed by atoms with van der Waals surface area (Å²) in [7, 11) is 0. The number of hydrogen-bond donors (Lipinski definition) is 2. The van der Waals surface area contributed by atoms with Gasteiger partial charge in [0.1, 0.15) is 23.9 Å². The lowest BCUT2D eigenvalue weighted by Gasteiger charge is -2.12. The summed E-state index contributed by atoms with van der Waals surface area (Å²) in [6.07, 6.45) is -3.86. The first-order valence-electron chi connectivity index (χ1n) is 8.48. The average Bonchev–Trinajstić information content (AvgIpc) is 2.65. The van der Waals surface area contributed by atoms with Crippen LogP contribution in [0.2, 0.25) is 0 Å². The van der Waals surface area contributed by atoms with E-state index in [1.807, 2.05) is 6.92 Å². The molecule has 2 N–H and O–H groups in total. The van der Waals surface area contributed by atoms with Gasteiger partial charge in [-0.3, -0.25) is 0 Å². The molecule has 0 aliphatic carbocycles. The fourth-order valence-electron chi connectivity index (χ4n) is 2.36. The van der Waals surface area contributed by atoms with Crippen LogP contribution in [0.15, 0.2) is 36.4 Å². The largest absolute Gasteiger partial charge is 0.405 e. The molecule has 3 aromatic rings. The van der Waals surface area contributed by atoms with E-state index in [9.17, 15) is 22.0 Å². The number of aryl methyl sites for hydroxylation is 1. The van der Waals surface area contributed by atoms with Gasteiger partial charge in [0.15, 0.2) is 5.82 Å². The lowest BCUT2D eigenvalue weighted by molar-refractivity contribution is -0.115. The lowest BCUT2D eigenvalue weighted by Crippen LogP contribution is -2.23. The molecule has 0 atom stereocenters. The number of halogens is 5. The third-order valence-electron chi connectivity index (χ3n) is 3.60. The fraction of sp³-hybridized carbons (Fsp3) is 0.222. The van der Waals surface area contributed by atoms with E-state index in [0.29, 0.717) is 18.2 Å². The molecule has 11 heteroatoms. The second-order valence-electron chi connectivity index (χ2n) is 5.93. The first-order valence-corrected chi connectivity index (χ1v) is 8.48. The van der Waals surface area contributed by atoms with Gasteiger partial charge in [-0.2, -0.15) is 28.1 Å². The van der Waals surface area contributed by atoms with Crippen molar-refractivity contribution in [2.45, 2.75) is 19.5 Å². The van der Waals surface area contributed by atoms with E-state index in [2.05, 4.69) is 30.6 Å².